The molecule has 0 bridgehead atoms. The molecule has 0 N–H and O–H groups in total. The third-order valence-electron chi connectivity index (χ3n) is 8.88. The summed E-state index contributed by atoms with van der Waals surface area (Å²) in [6, 6.07) is 23.4. The number of hydrogen-bond acceptors (Lipinski definition) is 4. The number of carbonyl (C=O) groups is 2. The first-order chi connectivity index (χ1) is 21.4. The first-order valence-electron chi connectivity index (χ1n) is 14.6. The second-order valence-corrected chi connectivity index (χ2v) is 14.6. The quantitative estimate of drug-likeness (QED) is 0.142. The normalized spacial score (nSPS) is 14.8. The highest BCUT2D eigenvalue weighted by Gasteiger charge is 2.41. The van der Waals surface area contributed by atoms with Crippen LogP contribution in [0, 0.1) is 20.8 Å². The summed E-state index contributed by atoms with van der Waals surface area (Å²) >= 11 is 21.6. The van der Waals surface area contributed by atoms with Gasteiger partial charge in [0.2, 0.25) is 0 Å². The third kappa shape index (κ3) is 4.70. The van der Waals surface area contributed by atoms with Gasteiger partial charge in [-0.05, 0) is 90.6 Å². The summed E-state index contributed by atoms with van der Waals surface area (Å²) in [4.78, 5) is 29.4. The lowest BCUT2D eigenvalue weighted by atomic mass is 9.74. The standard InChI is InChI=1S/C38H28Cl3NO2S/c1-19-12-20(2)33(21(3)13-19)22-10-11-32-28(14-22)38(4,5)29-18-24(17-27-35(43)25-8-6-7-9-26(25)36(27)44)45-37(29)42(32)34-30(40)15-23(39)16-31(34)41/h6-18H,1-5H3. The Morgan fingerprint density at radius 3 is 1.96 bits per heavy atom. The predicted octanol–water partition coefficient (Wildman–Crippen LogP) is 11.9. The molecular formula is C38H28Cl3NO2S. The van der Waals surface area contributed by atoms with Gasteiger partial charge in [-0.25, -0.2) is 0 Å². The van der Waals surface area contributed by atoms with Crippen LogP contribution in [-0.2, 0) is 5.41 Å². The molecule has 0 atom stereocenters. The molecule has 3 nitrogen and oxygen atoms in total. The van der Waals surface area contributed by atoms with Crippen molar-refractivity contribution in [2.24, 2.45) is 0 Å². The number of rotatable bonds is 3. The highest BCUT2D eigenvalue weighted by Crippen LogP contribution is 2.58. The highest BCUT2D eigenvalue weighted by molar-refractivity contribution is 7.17. The zero-order valence-electron chi connectivity index (χ0n) is 25.3. The summed E-state index contributed by atoms with van der Waals surface area (Å²) in [5.41, 5.74) is 10.4. The molecule has 1 aromatic heterocycles. The van der Waals surface area contributed by atoms with Crippen molar-refractivity contribution in [3.63, 3.8) is 0 Å². The van der Waals surface area contributed by atoms with Crippen LogP contribution in [0.5, 0.6) is 0 Å². The van der Waals surface area contributed by atoms with Crippen molar-refractivity contribution in [2.45, 2.75) is 40.0 Å². The summed E-state index contributed by atoms with van der Waals surface area (Å²) in [5.74, 6) is -0.503. The Bertz CT molecular complexity index is 2070. The molecule has 4 aromatic carbocycles. The summed E-state index contributed by atoms with van der Waals surface area (Å²) in [6.45, 7) is 10.8. The van der Waals surface area contributed by atoms with Gasteiger partial charge in [-0.2, -0.15) is 0 Å². The van der Waals surface area contributed by atoms with Crippen LogP contribution in [0.3, 0.4) is 0 Å². The molecule has 5 aromatic rings. The monoisotopic (exact) mass is 667 g/mol. The van der Waals surface area contributed by atoms with Gasteiger partial charge in [-0.3, -0.25) is 14.5 Å². The number of Topliss-reactive ketones (excluding diaryl/α,β-unsaturated/α-hetero) is 2. The molecule has 0 saturated heterocycles. The number of ketones is 2. The topological polar surface area (TPSA) is 37.4 Å². The Hall–Kier alpha value is -3.67. The molecule has 2 heterocycles. The number of anilines is 3. The molecule has 7 heteroatoms. The van der Waals surface area contributed by atoms with E-state index in [2.05, 4.69) is 75.9 Å². The van der Waals surface area contributed by atoms with Gasteiger partial charge in [0, 0.05) is 26.4 Å². The molecule has 0 unspecified atom stereocenters. The Labute approximate surface area is 281 Å². The number of benzene rings is 4. The molecule has 45 heavy (non-hydrogen) atoms. The van der Waals surface area contributed by atoms with Crippen molar-refractivity contribution >= 4 is 80.2 Å². The molecule has 1 aliphatic carbocycles. The van der Waals surface area contributed by atoms with Crippen molar-refractivity contribution < 1.29 is 9.59 Å². The number of aryl methyl sites for hydroxylation is 3. The van der Waals surface area contributed by atoms with Crippen LogP contribution in [0.25, 0.3) is 17.2 Å². The van der Waals surface area contributed by atoms with Crippen LogP contribution in [0.1, 0.15) is 67.3 Å². The van der Waals surface area contributed by atoms with Gasteiger partial charge in [-0.15, -0.1) is 11.3 Å². The first kappa shape index (κ1) is 30.0. The predicted molar refractivity (Wildman–Crippen MR) is 189 cm³/mol. The molecular weight excluding hydrogens is 641 g/mol. The third-order valence-corrected chi connectivity index (χ3v) is 10.7. The zero-order chi connectivity index (χ0) is 31.9. The number of fused-ring (bicyclic) bond motifs is 3. The van der Waals surface area contributed by atoms with Crippen LogP contribution in [-0.4, -0.2) is 11.6 Å². The van der Waals surface area contributed by atoms with E-state index in [1.807, 2.05) is 0 Å². The number of thiophene rings is 1. The van der Waals surface area contributed by atoms with E-state index in [4.69, 9.17) is 34.8 Å². The van der Waals surface area contributed by atoms with Crippen molar-refractivity contribution in [3.05, 3.63) is 137 Å². The number of halogens is 3. The maximum absolute atomic E-state index is 13.3. The molecule has 0 spiro atoms. The average molecular weight is 669 g/mol. The van der Waals surface area contributed by atoms with Crippen molar-refractivity contribution in [1.82, 2.24) is 0 Å². The smallest absolute Gasteiger partial charge is 0.197 e. The van der Waals surface area contributed by atoms with Gasteiger partial charge in [0.25, 0.3) is 0 Å². The van der Waals surface area contributed by atoms with Gasteiger partial charge >= 0.3 is 0 Å². The highest BCUT2D eigenvalue weighted by atomic mass is 35.5. The number of hydrogen-bond donors (Lipinski definition) is 0. The first-order valence-corrected chi connectivity index (χ1v) is 16.5. The summed E-state index contributed by atoms with van der Waals surface area (Å²) in [5, 5.41) is 2.20. The van der Waals surface area contributed by atoms with E-state index in [1.54, 1.807) is 42.5 Å². The largest absolute Gasteiger partial charge is 0.298 e. The second-order valence-electron chi connectivity index (χ2n) is 12.3. The summed E-state index contributed by atoms with van der Waals surface area (Å²) < 4.78 is 0. The zero-order valence-corrected chi connectivity index (χ0v) is 28.4. The van der Waals surface area contributed by atoms with E-state index in [1.165, 1.54) is 33.6 Å². The molecule has 0 amide bonds. The van der Waals surface area contributed by atoms with E-state index >= 15 is 0 Å². The van der Waals surface area contributed by atoms with Crippen LogP contribution in [0.4, 0.5) is 16.4 Å². The molecule has 0 saturated carbocycles. The molecule has 224 valence electrons. The van der Waals surface area contributed by atoms with E-state index in [0.29, 0.717) is 31.9 Å². The average Bonchev–Trinajstić information content (AvgIpc) is 3.50. The molecule has 1 aliphatic heterocycles. The SMILES string of the molecule is Cc1cc(C)c(-c2ccc3c(c2)C(C)(C)c2cc(C=C4C(=O)c5ccccc5C4=O)sc2N3c2c(Cl)cc(Cl)cc2Cl)c(C)c1. The second kappa shape index (κ2) is 10.7. The minimum absolute atomic E-state index is 0.173. The molecule has 0 radical (unpaired) electrons. The van der Waals surface area contributed by atoms with Crippen molar-refractivity contribution in [2.75, 3.05) is 4.90 Å². The van der Waals surface area contributed by atoms with Crippen molar-refractivity contribution in [1.29, 1.82) is 0 Å². The fourth-order valence-corrected chi connectivity index (χ4v) is 9.15. The van der Waals surface area contributed by atoms with E-state index in [9.17, 15) is 9.59 Å². The fourth-order valence-electron chi connectivity index (χ4n) is 6.88. The van der Waals surface area contributed by atoms with Gasteiger partial charge in [0.05, 0.1) is 27.0 Å². The van der Waals surface area contributed by atoms with E-state index in [0.717, 1.165) is 32.3 Å². The van der Waals surface area contributed by atoms with Crippen LogP contribution < -0.4 is 4.90 Å². The number of carbonyl (C=O) groups excluding carboxylic acids is 2. The van der Waals surface area contributed by atoms with Gasteiger partial charge in [-0.1, -0.05) is 96.7 Å². The number of nitrogens with zero attached hydrogens (tertiary/aromatic N) is 1. The minimum Gasteiger partial charge on any atom is -0.298 e. The Balaban J connectivity index is 1.46. The van der Waals surface area contributed by atoms with Gasteiger partial charge < -0.3 is 0 Å². The number of allylic oxidation sites excluding steroid dienone is 1. The van der Waals surface area contributed by atoms with Gasteiger partial charge in [0.15, 0.2) is 11.6 Å². The van der Waals surface area contributed by atoms with Crippen LogP contribution in [0.2, 0.25) is 15.1 Å². The van der Waals surface area contributed by atoms with E-state index < -0.39 is 5.41 Å². The maximum Gasteiger partial charge on any atom is 0.197 e. The summed E-state index contributed by atoms with van der Waals surface area (Å²) in [7, 11) is 0. The Morgan fingerprint density at radius 1 is 0.756 bits per heavy atom. The lowest BCUT2D eigenvalue weighted by Crippen LogP contribution is -2.29. The Kier molecular flexibility index (Phi) is 7.14. The van der Waals surface area contributed by atoms with Crippen LogP contribution in [0.15, 0.2) is 78.4 Å². The van der Waals surface area contributed by atoms with E-state index in [-0.39, 0.29) is 17.1 Å². The van der Waals surface area contributed by atoms with Crippen molar-refractivity contribution in [3.8, 4) is 11.1 Å². The lowest BCUT2D eigenvalue weighted by molar-refractivity contribution is 0.0990. The lowest BCUT2D eigenvalue weighted by Gasteiger charge is -2.40. The fraction of sp³-hybridized carbons (Fsp3) is 0.158. The minimum atomic E-state index is -0.436. The maximum atomic E-state index is 13.3. The van der Waals surface area contributed by atoms with Gasteiger partial charge in [0.1, 0.15) is 5.00 Å². The van der Waals surface area contributed by atoms with Crippen LogP contribution >= 0.6 is 46.1 Å². The molecule has 7 rings (SSSR count). The summed E-state index contributed by atoms with van der Waals surface area (Å²) in [6.07, 6.45) is 1.72. The Morgan fingerprint density at radius 2 is 1.36 bits per heavy atom. The molecule has 0 fully saturated rings. The molecule has 2 aliphatic rings.